The molecule has 3 heterocycles. The summed E-state index contributed by atoms with van der Waals surface area (Å²) >= 11 is 0. The molecule has 0 N–H and O–H groups in total. The first-order valence-electron chi connectivity index (χ1n) is 19.2. The molecule has 0 radical (unpaired) electrons. The zero-order chi connectivity index (χ0) is 36.7. The van der Waals surface area contributed by atoms with Crippen LogP contribution >= 0.6 is 0 Å². The molecule has 260 valence electrons. The summed E-state index contributed by atoms with van der Waals surface area (Å²) in [5.41, 5.74) is 11.6. The standard InChI is InChI=1S/C53H33N3/c1-2-15-38(16-3-1)55-49-32-37(26-28-41(49)42-29-27-39(33-50(42)55)56-48-23-11-10-17-40(48)47-22-12-30-54-53(47)56)52-45-20-8-6-18-43(45)51(44-19-7-9-21-46(44)52)36-25-24-34-13-4-5-14-35(34)31-36/h1-33H. The van der Waals surface area contributed by atoms with Crippen molar-refractivity contribution in [2.75, 3.05) is 0 Å². The Morgan fingerprint density at radius 1 is 0.304 bits per heavy atom. The van der Waals surface area contributed by atoms with Crippen molar-refractivity contribution < 1.29 is 0 Å². The van der Waals surface area contributed by atoms with Gasteiger partial charge in [0.1, 0.15) is 5.65 Å². The molecule has 0 saturated heterocycles. The van der Waals surface area contributed by atoms with Crippen LogP contribution < -0.4 is 0 Å². The van der Waals surface area contributed by atoms with Gasteiger partial charge in [-0.25, -0.2) is 4.98 Å². The lowest BCUT2D eigenvalue weighted by Crippen LogP contribution is -1.97. The summed E-state index contributed by atoms with van der Waals surface area (Å²) in [6, 6.07) is 70.9. The van der Waals surface area contributed by atoms with Gasteiger partial charge in [-0.15, -0.1) is 0 Å². The number of para-hydroxylation sites is 2. The average molecular weight is 712 g/mol. The number of hydrogen-bond acceptors (Lipinski definition) is 1. The average Bonchev–Trinajstić information content (AvgIpc) is 3.77. The van der Waals surface area contributed by atoms with Gasteiger partial charge in [-0.05, 0) is 109 Å². The van der Waals surface area contributed by atoms with Crippen LogP contribution in [-0.4, -0.2) is 14.1 Å². The summed E-state index contributed by atoms with van der Waals surface area (Å²) in [5, 5.41) is 12.3. The van der Waals surface area contributed by atoms with Gasteiger partial charge in [-0.2, -0.15) is 0 Å². The lowest BCUT2D eigenvalue weighted by atomic mass is 9.85. The second-order valence-electron chi connectivity index (χ2n) is 14.7. The highest BCUT2D eigenvalue weighted by molar-refractivity contribution is 6.22. The fourth-order valence-electron chi connectivity index (χ4n) is 9.31. The SMILES string of the molecule is c1ccc(-n2c3cc(-c4c5ccccc5c(-c5ccc6ccccc6c5)c5ccccc45)ccc3c3ccc(-n4c5ccccc5c5cccnc54)cc32)cc1. The van der Waals surface area contributed by atoms with Crippen LogP contribution in [0.15, 0.2) is 200 Å². The summed E-state index contributed by atoms with van der Waals surface area (Å²) in [4.78, 5) is 4.89. The first-order chi connectivity index (χ1) is 27.8. The number of hydrogen-bond donors (Lipinski definition) is 0. The van der Waals surface area contributed by atoms with Crippen LogP contribution in [0.5, 0.6) is 0 Å². The summed E-state index contributed by atoms with van der Waals surface area (Å²) in [6.07, 6.45) is 1.89. The summed E-state index contributed by atoms with van der Waals surface area (Å²) < 4.78 is 4.74. The molecular formula is C53H33N3. The first kappa shape index (κ1) is 30.9. The van der Waals surface area contributed by atoms with E-state index in [1.54, 1.807) is 0 Å². The predicted molar refractivity (Wildman–Crippen MR) is 236 cm³/mol. The zero-order valence-electron chi connectivity index (χ0n) is 30.4. The molecule has 3 aromatic heterocycles. The predicted octanol–water partition coefficient (Wildman–Crippen LogP) is 14.1. The van der Waals surface area contributed by atoms with Crippen LogP contribution in [0.2, 0.25) is 0 Å². The van der Waals surface area contributed by atoms with Gasteiger partial charge in [-0.1, -0.05) is 140 Å². The third-order valence-electron chi connectivity index (χ3n) is 11.7. The van der Waals surface area contributed by atoms with E-state index in [2.05, 4.69) is 197 Å². The van der Waals surface area contributed by atoms with Crippen LogP contribution in [0.25, 0.3) is 110 Å². The van der Waals surface area contributed by atoms with E-state index in [0.29, 0.717) is 0 Å². The molecule has 56 heavy (non-hydrogen) atoms. The van der Waals surface area contributed by atoms with Crippen molar-refractivity contribution in [2.45, 2.75) is 0 Å². The number of nitrogens with zero attached hydrogens (tertiary/aromatic N) is 3. The molecular weight excluding hydrogens is 679 g/mol. The van der Waals surface area contributed by atoms with Gasteiger partial charge < -0.3 is 4.57 Å². The molecule has 0 spiro atoms. The van der Waals surface area contributed by atoms with Crippen LogP contribution in [0.4, 0.5) is 0 Å². The summed E-state index contributed by atoms with van der Waals surface area (Å²) in [6.45, 7) is 0. The fourth-order valence-corrected chi connectivity index (χ4v) is 9.31. The van der Waals surface area contributed by atoms with Crippen molar-refractivity contribution >= 4 is 76.1 Å². The Morgan fingerprint density at radius 2 is 0.839 bits per heavy atom. The fraction of sp³-hybridized carbons (Fsp3) is 0. The molecule has 0 aliphatic rings. The minimum absolute atomic E-state index is 0.962. The van der Waals surface area contributed by atoms with Gasteiger partial charge in [0.2, 0.25) is 0 Å². The second-order valence-corrected chi connectivity index (χ2v) is 14.7. The number of benzene rings is 9. The maximum Gasteiger partial charge on any atom is 0.145 e. The van der Waals surface area contributed by atoms with Crippen molar-refractivity contribution in [3.63, 3.8) is 0 Å². The minimum Gasteiger partial charge on any atom is -0.309 e. The molecule has 0 aliphatic carbocycles. The van der Waals surface area contributed by atoms with E-state index in [1.807, 2.05) is 12.3 Å². The Labute approximate surface area is 322 Å². The van der Waals surface area contributed by atoms with Gasteiger partial charge in [0.15, 0.2) is 0 Å². The molecule has 0 unspecified atom stereocenters. The first-order valence-corrected chi connectivity index (χ1v) is 19.2. The Kier molecular flexibility index (Phi) is 6.63. The van der Waals surface area contributed by atoms with E-state index in [-0.39, 0.29) is 0 Å². The largest absolute Gasteiger partial charge is 0.309 e. The molecule has 12 aromatic rings. The maximum atomic E-state index is 4.89. The molecule has 0 fully saturated rings. The topological polar surface area (TPSA) is 22.8 Å². The van der Waals surface area contributed by atoms with Crippen LogP contribution in [-0.2, 0) is 0 Å². The van der Waals surface area contributed by atoms with E-state index in [1.165, 1.54) is 76.2 Å². The molecule has 0 saturated carbocycles. The Morgan fingerprint density at radius 3 is 1.57 bits per heavy atom. The summed E-state index contributed by atoms with van der Waals surface area (Å²) in [7, 11) is 0. The summed E-state index contributed by atoms with van der Waals surface area (Å²) in [5.74, 6) is 0. The normalized spacial score (nSPS) is 11.9. The minimum atomic E-state index is 0.962. The number of pyridine rings is 1. The van der Waals surface area contributed by atoms with Crippen LogP contribution in [0.1, 0.15) is 0 Å². The molecule has 0 aliphatic heterocycles. The molecule has 3 nitrogen and oxygen atoms in total. The highest BCUT2D eigenvalue weighted by Crippen LogP contribution is 2.45. The van der Waals surface area contributed by atoms with Crippen molar-refractivity contribution in [3.05, 3.63) is 200 Å². The lowest BCUT2D eigenvalue weighted by molar-refractivity contribution is 1.13. The molecule has 0 bridgehead atoms. The lowest BCUT2D eigenvalue weighted by Gasteiger charge is -2.18. The molecule has 0 atom stereocenters. The third-order valence-corrected chi connectivity index (χ3v) is 11.7. The Balaban J connectivity index is 1.14. The molecule has 12 rings (SSSR count). The molecule has 3 heteroatoms. The van der Waals surface area contributed by atoms with E-state index in [9.17, 15) is 0 Å². The van der Waals surface area contributed by atoms with E-state index >= 15 is 0 Å². The van der Waals surface area contributed by atoms with Crippen LogP contribution in [0.3, 0.4) is 0 Å². The van der Waals surface area contributed by atoms with Gasteiger partial charge in [0.05, 0.1) is 16.6 Å². The van der Waals surface area contributed by atoms with E-state index in [0.717, 1.165) is 33.4 Å². The second kappa shape index (κ2) is 12.0. The Bertz CT molecular complexity index is 3420. The molecule has 0 amide bonds. The monoisotopic (exact) mass is 711 g/mol. The van der Waals surface area contributed by atoms with E-state index < -0.39 is 0 Å². The van der Waals surface area contributed by atoms with Crippen molar-refractivity contribution in [1.82, 2.24) is 14.1 Å². The number of rotatable bonds is 4. The van der Waals surface area contributed by atoms with E-state index in [4.69, 9.17) is 4.98 Å². The van der Waals surface area contributed by atoms with Gasteiger partial charge >= 0.3 is 0 Å². The quantitative estimate of drug-likeness (QED) is 0.167. The smallest absolute Gasteiger partial charge is 0.145 e. The highest BCUT2D eigenvalue weighted by Gasteiger charge is 2.20. The van der Waals surface area contributed by atoms with Crippen LogP contribution in [0, 0.1) is 0 Å². The number of fused-ring (bicyclic) bond motifs is 9. The zero-order valence-corrected chi connectivity index (χ0v) is 30.4. The van der Waals surface area contributed by atoms with Crippen molar-refractivity contribution in [3.8, 4) is 33.6 Å². The maximum absolute atomic E-state index is 4.89. The van der Waals surface area contributed by atoms with Gasteiger partial charge in [0.25, 0.3) is 0 Å². The Hall–Kier alpha value is -7.49. The van der Waals surface area contributed by atoms with Gasteiger partial charge in [0, 0.05) is 39.1 Å². The van der Waals surface area contributed by atoms with Crippen molar-refractivity contribution in [1.29, 1.82) is 0 Å². The van der Waals surface area contributed by atoms with Gasteiger partial charge in [-0.3, -0.25) is 4.57 Å². The molecule has 9 aromatic carbocycles. The third kappa shape index (κ3) is 4.49. The highest BCUT2D eigenvalue weighted by atomic mass is 15.1. The number of aromatic nitrogens is 3. The van der Waals surface area contributed by atoms with Crippen molar-refractivity contribution in [2.24, 2.45) is 0 Å².